The van der Waals surface area contributed by atoms with Gasteiger partial charge in [0, 0.05) is 11.1 Å². The summed E-state index contributed by atoms with van der Waals surface area (Å²) in [6.07, 6.45) is -4.82. The predicted molar refractivity (Wildman–Crippen MR) is 133 cm³/mol. The first-order valence-electron chi connectivity index (χ1n) is 10.6. The van der Waals surface area contributed by atoms with Gasteiger partial charge in [0.1, 0.15) is 18.1 Å². The molecule has 2 aromatic carbocycles. The van der Waals surface area contributed by atoms with E-state index in [0.717, 1.165) is 25.2 Å². The van der Waals surface area contributed by atoms with Gasteiger partial charge in [0.05, 0.1) is 18.1 Å². The minimum Gasteiger partial charge on any atom is -0.487 e. The van der Waals surface area contributed by atoms with Crippen molar-refractivity contribution in [1.82, 2.24) is 4.98 Å². The minimum absolute atomic E-state index is 0.0517. The molecule has 0 aliphatic carbocycles. The third-order valence-electron chi connectivity index (χ3n) is 5.33. The smallest absolute Gasteiger partial charge is 0.417 e. The van der Waals surface area contributed by atoms with Gasteiger partial charge < -0.3 is 21.2 Å². The molecule has 0 radical (unpaired) electrons. The maximum absolute atomic E-state index is 13.7. The van der Waals surface area contributed by atoms with Gasteiger partial charge in [0.25, 0.3) is 5.91 Å². The summed E-state index contributed by atoms with van der Waals surface area (Å²) in [6, 6.07) is 9.13. The van der Waals surface area contributed by atoms with Gasteiger partial charge in [0.2, 0.25) is 11.8 Å². The maximum atomic E-state index is 13.7. The Morgan fingerprint density at radius 1 is 1.05 bits per heavy atom. The Kier molecular flexibility index (Phi) is 8.00. The molecule has 39 heavy (non-hydrogen) atoms. The third kappa shape index (κ3) is 7.67. The lowest BCUT2D eigenvalue weighted by atomic mass is 10.1. The Hall–Kier alpha value is -3.71. The van der Waals surface area contributed by atoms with Gasteiger partial charge in [-0.2, -0.15) is 30.0 Å². The number of benzene rings is 2. The molecular weight excluding hydrogens is 571 g/mol. The highest BCUT2D eigenvalue weighted by Gasteiger charge is 2.39. The Morgan fingerprint density at radius 3 is 2.13 bits per heavy atom. The van der Waals surface area contributed by atoms with Gasteiger partial charge in [0.15, 0.2) is 0 Å². The SMILES string of the molecule is C[N+](CS(=O)(=O)O)(CS(=O)(=O)O)C(N)=NC(=O)c1cc2c(C(F)(F)F)ccc(OCc3ccc(N)cc3)c2[nH]1. The average molecular weight is 595 g/mol. The van der Waals surface area contributed by atoms with Crippen LogP contribution in [0.5, 0.6) is 5.75 Å². The second-order valence-electron chi connectivity index (χ2n) is 8.70. The number of halogens is 3. The van der Waals surface area contributed by atoms with Crippen LogP contribution in [-0.4, -0.2) is 66.1 Å². The van der Waals surface area contributed by atoms with Crippen molar-refractivity contribution >= 4 is 48.7 Å². The van der Waals surface area contributed by atoms with Crippen molar-refractivity contribution in [2.45, 2.75) is 12.8 Å². The number of rotatable bonds is 8. The number of aromatic nitrogens is 1. The molecule has 18 heteroatoms. The first kappa shape index (κ1) is 29.8. The molecule has 0 saturated carbocycles. The first-order valence-corrected chi connectivity index (χ1v) is 13.8. The lowest BCUT2D eigenvalue weighted by Crippen LogP contribution is -2.58. The van der Waals surface area contributed by atoms with Crippen LogP contribution < -0.4 is 16.2 Å². The fourth-order valence-electron chi connectivity index (χ4n) is 3.63. The fourth-order valence-corrected chi connectivity index (χ4v) is 5.63. The van der Waals surface area contributed by atoms with Crippen molar-refractivity contribution in [2.24, 2.45) is 10.7 Å². The number of guanidine groups is 1. The van der Waals surface area contributed by atoms with E-state index >= 15 is 0 Å². The zero-order chi connectivity index (χ0) is 29.4. The molecule has 3 aromatic rings. The quantitative estimate of drug-likeness (QED) is 0.0840. The van der Waals surface area contributed by atoms with E-state index in [1.165, 1.54) is 0 Å². The van der Waals surface area contributed by atoms with Crippen LogP contribution in [0.2, 0.25) is 0 Å². The minimum atomic E-state index is -4.91. The third-order valence-corrected chi connectivity index (χ3v) is 7.12. The second-order valence-corrected chi connectivity index (χ2v) is 11.5. The van der Waals surface area contributed by atoms with Gasteiger partial charge in [-0.1, -0.05) is 12.1 Å². The summed E-state index contributed by atoms with van der Waals surface area (Å²) >= 11 is 0. The number of quaternary nitrogens is 1. The van der Waals surface area contributed by atoms with E-state index in [-0.39, 0.29) is 17.9 Å². The van der Waals surface area contributed by atoms with Gasteiger partial charge in [-0.25, -0.2) is 4.48 Å². The summed E-state index contributed by atoms with van der Waals surface area (Å²) in [5, 5.41) is -0.456. The van der Waals surface area contributed by atoms with Crippen molar-refractivity contribution < 1.29 is 53.1 Å². The molecule has 1 amide bonds. The number of ether oxygens (including phenoxy) is 1. The number of amides is 1. The molecule has 0 bridgehead atoms. The zero-order valence-corrected chi connectivity index (χ0v) is 21.6. The number of aliphatic imine (C=N–C) groups is 1. The van der Waals surface area contributed by atoms with Crippen molar-refractivity contribution in [1.29, 1.82) is 0 Å². The molecule has 0 aliphatic rings. The van der Waals surface area contributed by atoms with Crippen LogP contribution in [0.25, 0.3) is 10.9 Å². The van der Waals surface area contributed by atoms with Gasteiger partial charge >= 0.3 is 32.4 Å². The van der Waals surface area contributed by atoms with E-state index in [4.69, 9.17) is 16.2 Å². The summed E-state index contributed by atoms with van der Waals surface area (Å²) in [7, 11) is -8.99. The summed E-state index contributed by atoms with van der Waals surface area (Å²) in [6.45, 7) is -0.0603. The van der Waals surface area contributed by atoms with E-state index in [1.54, 1.807) is 24.3 Å². The van der Waals surface area contributed by atoms with Crippen LogP contribution >= 0.6 is 0 Å². The van der Waals surface area contributed by atoms with Gasteiger partial charge in [-0.15, -0.1) is 4.99 Å². The van der Waals surface area contributed by atoms with Crippen molar-refractivity contribution in [2.75, 3.05) is 24.5 Å². The predicted octanol–water partition coefficient (Wildman–Crippen LogP) is 1.94. The van der Waals surface area contributed by atoms with Gasteiger partial charge in [-0.3, -0.25) is 13.9 Å². The number of aromatic amines is 1. The molecule has 0 aliphatic heterocycles. The maximum Gasteiger partial charge on any atom is 0.417 e. The van der Waals surface area contributed by atoms with Crippen LogP contribution in [0.15, 0.2) is 47.5 Å². The molecular formula is C21H23F3N5O8S2+. The highest BCUT2D eigenvalue weighted by atomic mass is 32.2. The van der Waals surface area contributed by atoms with Crippen molar-refractivity contribution in [3.63, 3.8) is 0 Å². The lowest BCUT2D eigenvalue weighted by Gasteiger charge is -2.28. The molecule has 1 aromatic heterocycles. The standard InChI is InChI=1S/C21H22F3N5O8S2/c1-29(10-38(31,32)33,11-39(34,35)36)20(26)28-19(30)16-8-14-15(21(22,23)24)6-7-17(18(14)27-16)37-9-12-2-4-13(25)5-3-12/h2-8H,9-11,25H2,1H3,(H4-,26,27,28,30,31,32,33,34,35,36)/p+1. The Labute approximate surface area is 220 Å². The number of carbonyl (C=O) groups is 1. The van der Waals surface area contributed by atoms with Crippen LogP contribution in [0.4, 0.5) is 18.9 Å². The normalized spacial score (nSPS) is 13.5. The number of nitrogens with zero attached hydrogens (tertiary/aromatic N) is 2. The number of carbonyl (C=O) groups excluding carboxylic acids is 1. The van der Waals surface area contributed by atoms with Gasteiger partial charge in [-0.05, 0) is 35.9 Å². The highest BCUT2D eigenvalue weighted by Crippen LogP contribution is 2.39. The van der Waals surface area contributed by atoms with Crippen LogP contribution in [0, 0.1) is 0 Å². The van der Waals surface area contributed by atoms with E-state index in [0.29, 0.717) is 11.3 Å². The molecule has 0 fully saturated rings. The number of H-pyrrole nitrogens is 1. The molecule has 1 heterocycles. The fraction of sp³-hybridized carbons (Fsp3) is 0.238. The number of anilines is 1. The second kappa shape index (κ2) is 10.5. The van der Waals surface area contributed by atoms with Crippen LogP contribution in [-0.2, 0) is 33.0 Å². The zero-order valence-electron chi connectivity index (χ0n) is 20.0. The molecule has 3 rings (SSSR count). The van der Waals surface area contributed by atoms with E-state index in [2.05, 4.69) is 9.98 Å². The summed E-state index contributed by atoms with van der Waals surface area (Å²) in [5.41, 5.74) is 10.6. The first-order chi connectivity index (χ1) is 17.8. The number of nitrogen functional groups attached to an aromatic ring is 1. The number of nitrogens with two attached hydrogens (primary N) is 2. The number of hydrogen-bond donors (Lipinski definition) is 5. The molecule has 7 N–H and O–H groups in total. The summed E-state index contributed by atoms with van der Waals surface area (Å²) in [4.78, 5) is 18.7. The lowest BCUT2D eigenvalue weighted by molar-refractivity contribution is -0.796. The number of hydrogen-bond acceptors (Lipinski definition) is 7. The van der Waals surface area contributed by atoms with E-state index in [1.807, 2.05) is 0 Å². The molecule has 13 nitrogen and oxygen atoms in total. The van der Waals surface area contributed by atoms with E-state index in [9.17, 15) is 43.9 Å². The molecule has 212 valence electrons. The number of fused-ring (bicyclic) bond motifs is 1. The van der Waals surface area contributed by atoms with Crippen molar-refractivity contribution in [3.05, 3.63) is 59.3 Å². The van der Waals surface area contributed by atoms with Crippen LogP contribution in [0.1, 0.15) is 21.6 Å². The largest absolute Gasteiger partial charge is 0.487 e. The molecule has 0 unspecified atom stereocenters. The summed E-state index contributed by atoms with van der Waals surface area (Å²) < 4.78 is 109. The molecule has 0 saturated heterocycles. The summed E-state index contributed by atoms with van der Waals surface area (Å²) in [5.74, 6) is -5.14. The van der Waals surface area contributed by atoms with E-state index < -0.39 is 71.2 Å². The Balaban J connectivity index is 2.05. The monoisotopic (exact) mass is 594 g/mol. The Bertz CT molecular complexity index is 1620. The number of nitrogens with one attached hydrogen (secondary N) is 1. The molecule has 0 spiro atoms. The number of alkyl halides is 3. The average Bonchev–Trinajstić information content (AvgIpc) is 3.20. The highest BCUT2D eigenvalue weighted by molar-refractivity contribution is 7.86. The van der Waals surface area contributed by atoms with Crippen LogP contribution in [0.3, 0.4) is 0 Å². The topological polar surface area (TPSA) is 215 Å². The Morgan fingerprint density at radius 2 is 1.62 bits per heavy atom. The molecule has 0 atom stereocenters. The van der Waals surface area contributed by atoms with Crippen molar-refractivity contribution in [3.8, 4) is 5.75 Å².